The van der Waals surface area contributed by atoms with E-state index in [2.05, 4.69) is 39.4 Å². The van der Waals surface area contributed by atoms with Crippen LogP contribution in [0.4, 0.5) is 0 Å². The Hall–Kier alpha value is -2.33. The van der Waals surface area contributed by atoms with Crippen molar-refractivity contribution in [3.05, 3.63) is 59.3 Å². The summed E-state index contributed by atoms with van der Waals surface area (Å²) in [4.78, 5) is 2.52. The average Bonchev–Trinajstić information content (AvgIpc) is 3.06. The average molecular weight is 335 g/mol. The minimum Gasteiger partial charge on any atom is -0.508 e. The van der Waals surface area contributed by atoms with Crippen LogP contribution in [-0.4, -0.2) is 33.3 Å². The summed E-state index contributed by atoms with van der Waals surface area (Å²) in [6.07, 6.45) is 5.56. The van der Waals surface area contributed by atoms with Crippen LogP contribution in [0.2, 0.25) is 0 Å². The lowest BCUT2D eigenvalue weighted by atomic mass is 9.90. The predicted octanol–water partition coefficient (Wildman–Crippen LogP) is 4.03. The van der Waals surface area contributed by atoms with Crippen LogP contribution in [0.3, 0.4) is 0 Å². The molecule has 4 nitrogen and oxygen atoms in total. The number of aromatic amines is 1. The van der Waals surface area contributed by atoms with Crippen molar-refractivity contribution in [1.82, 2.24) is 15.1 Å². The second kappa shape index (κ2) is 6.89. The van der Waals surface area contributed by atoms with Crippen LogP contribution in [-0.2, 0) is 13.0 Å². The fourth-order valence-corrected chi connectivity index (χ4v) is 3.93. The highest BCUT2D eigenvalue weighted by Gasteiger charge is 2.20. The zero-order valence-corrected chi connectivity index (χ0v) is 14.7. The molecule has 1 fully saturated rings. The molecule has 4 rings (SSSR count). The first kappa shape index (κ1) is 16.2. The van der Waals surface area contributed by atoms with Crippen molar-refractivity contribution >= 4 is 10.9 Å². The maximum Gasteiger partial charge on any atom is 0.118 e. The van der Waals surface area contributed by atoms with Crippen molar-refractivity contribution in [3.8, 4) is 5.75 Å². The number of nitrogens with zero attached hydrogens (tertiary/aromatic N) is 2. The van der Waals surface area contributed by atoms with Gasteiger partial charge in [0.05, 0.1) is 11.7 Å². The zero-order valence-electron chi connectivity index (χ0n) is 14.7. The number of nitrogens with one attached hydrogen (secondary N) is 1. The molecule has 2 aromatic carbocycles. The Morgan fingerprint density at radius 3 is 2.96 bits per heavy atom. The van der Waals surface area contributed by atoms with Crippen molar-refractivity contribution in [1.29, 1.82) is 0 Å². The smallest absolute Gasteiger partial charge is 0.118 e. The second-order valence-corrected chi connectivity index (χ2v) is 7.36. The summed E-state index contributed by atoms with van der Waals surface area (Å²) < 4.78 is 0. The SMILES string of the molecule is Cc1ccc(CN2CCCC(Cc3ccc4[nH]ncc4c3)C2)cc1O. The molecule has 0 aliphatic carbocycles. The number of phenolic OH excluding ortho intramolecular Hbond substituents is 1. The van der Waals surface area contributed by atoms with Crippen LogP contribution in [0.5, 0.6) is 5.75 Å². The second-order valence-electron chi connectivity index (χ2n) is 7.36. The molecular weight excluding hydrogens is 310 g/mol. The topological polar surface area (TPSA) is 52.2 Å². The molecule has 1 aliphatic rings. The van der Waals surface area contributed by atoms with Crippen molar-refractivity contribution in [2.75, 3.05) is 13.1 Å². The van der Waals surface area contributed by atoms with E-state index in [0.717, 1.165) is 37.1 Å². The number of fused-ring (bicyclic) bond motifs is 1. The molecule has 3 aromatic rings. The van der Waals surface area contributed by atoms with Gasteiger partial charge < -0.3 is 5.11 Å². The number of likely N-dealkylation sites (tertiary alicyclic amines) is 1. The van der Waals surface area contributed by atoms with Gasteiger partial charge in [0.2, 0.25) is 0 Å². The van der Waals surface area contributed by atoms with Gasteiger partial charge in [-0.05, 0) is 73.5 Å². The molecule has 2 N–H and O–H groups in total. The molecule has 0 radical (unpaired) electrons. The van der Waals surface area contributed by atoms with Crippen molar-refractivity contribution in [3.63, 3.8) is 0 Å². The Morgan fingerprint density at radius 1 is 1.20 bits per heavy atom. The Labute approximate surface area is 148 Å². The number of aryl methyl sites for hydroxylation is 1. The van der Waals surface area contributed by atoms with E-state index in [1.165, 1.54) is 29.4 Å². The molecule has 130 valence electrons. The minimum atomic E-state index is 0.402. The summed E-state index contributed by atoms with van der Waals surface area (Å²) >= 11 is 0. The van der Waals surface area contributed by atoms with Gasteiger partial charge in [0.1, 0.15) is 5.75 Å². The lowest BCUT2D eigenvalue weighted by molar-refractivity contribution is 0.167. The maximum atomic E-state index is 9.92. The summed E-state index contributed by atoms with van der Waals surface area (Å²) in [6.45, 7) is 5.13. The third-order valence-electron chi connectivity index (χ3n) is 5.31. The summed E-state index contributed by atoms with van der Waals surface area (Å²) in [5, 5.41) is 18.2. The van der Waals surface area contributed by atoms with Crippen LogP contribution < -0.4 is 0 Å². The number of hydrogen-bond donors (Lipinski definition) is 2. The Morgan fingerprint density at radius 2 is 2.08 bits per heavy atom. The van der Waals surface area contributed by atoms with Crippen LogP contribution in [0, 0.1) is 12.8 Å². The fourth-order valence-electron chi connectivity index (χ4n) is 3.93. The summed E-state index contributed by atoms with van der Waals surface area (Å²) in [5.74, 6) is 1.09. The van der Waals surface area contributed by atoms with E-state index in [0.29, 0.717) is 11.7 Å². The molecule has 0 bridgehead atoms. The van der Waals surface area contributed by atoms with Gasteiger partial charge >= 0.3 is 0 Å². The molecule has 0 saturated carbocycles. The van der Waals surface area contributed by atoms with Crippen LogP contribution in [0.25, 0.3) is 10.9 Å². The monoisotopic (exact) mass is 335 g/mol. The molecule has 0 amide bonds. The van der Waals surface area contributed by atoms with Gasteiger partial charge in [-0.15, -0.1) is 0 Å². The van der Waals surface area contributed by atoms with Gasteiger partial charge in [-0.3, -0.25) is 10.00 Å². The molecule has 1 aromatic heterocycles. The molecule has 0 spiro atoms. The van der Waals surface area contributed by atoms with Gasteiger partial charge in [-0.25, -0.2) is 0 Å². The van der Waals surface area contributed by atoms with Gasteiger partial charge in [0, 0.05) is 18.5 Å². The van der Waals surface area contributed by atoms with Crippen molar-refractivity contribution in [2.24, 2.45) is 5.92 Å². The molecular formula is C21H25N3O. The molecule has 1 atom stereocenters. The normalized spacial score (nSPS) is 18.7. The quantitative estimate of drug-likeness (QED) is 0.757. The predicted molar refractivity (Wildman–Crippen MR) is 101 cm³/mol. The Kier molecular flexibility index (Phi) is 4.45. The standard InChI is InChI=1S/C21H25N3O/c1-15-4-5-18(11-21(15)25)14-24-8-2-3-17(13-24)9-16-6-7-20-19(10-16)12-22-23-20/h4-7,10-12,17,25H,2-3,8-9,13-14H2,1H3,(H,22,23). The first-order valence-corrected chi connectivity index (χ1v) is 9.10. The Balaban J connectivity index is 1.40. The van der Waals surface area contributed by atoms with Crippen LogP contribution in [0.15, 0.2) is 42.6 Å². The minimum absolute atomic E-state index is 0.402. The number of aromatic hydroxyl groups is 1. The van der Waals surface area contributed by atoms with E-state index in [1.54, 1.807) is 0 Å². The molecule has 1 unspecified atom stereocenters. The summed E-state index contributed by atoms with van der Waals surface area (Å²) in [7, 11) is 0. The van der Waals surface area contributed by atoms with E-state index in [-0.39, 0.29) is 0 Å². The first-order chi connectivity index (χ1) is 12.2. The van der Waals surface area contributed by atoms with Gasteiger partial charge in [-0.1, -0.05) is 18.2 Å². The van der Waals surface area contributed by atoms with E-state index in [4.69, 9.17) is 0 Å². The lowest BCUT2D eigenvalue weighted by Crippen LogP contribution is -2.35. The maximum absolute atomic E-state index is 9.92. The number of phenols is 1. The lowest BCUT2D eigenvalue weighted by Gasteiger charge is -2.33. The number of aromatic nitrogens is 2. The van der Waals surface area contributed by atoms with E-state index in [9.17, 15) is 5.11 Å². The summed E-state index contributed by atoms with van der Waals surface area (Å²) in [6, 6.07) is 12.7. The number of hydrogen-bond acceptors (Lipinski definition) is 3. The van der Waals surface area contributed by atoms with Crippen LogP contribution >= 0.6 is 0 Å². The number of benzene rings is 2. The highest BCUT2D eigenvalue weighted by Crippen LogP contribution is 2.25. The Bertz CT molecular complexity index is 870. The highest BCUT2D eigenvalue weighted by atomic mass is 16.3. The molecule has 25 heavy (non-hydrogen) atoms. The molecule has 1 aliphatic heterocycles. The van der Waals surface area contributed by atoms with E-state index < -0.39 is 0 Å². The molecule has 4 heteroatoms. The number of rotatable bonds is 4. The van der Waals surface area contributed by atoms with Crippen LogP contribution in [0.1, 0.15) is 29.5 Å². The highest BCUT2D eigenvalue weighted by molar-refractivity contribution is 5.78. The van der Waals surface area contributed by atoms with Crippen molar-refractivity contribution in [2.45, 2.75) is 32.7 Å². The third kappa shape index (κ3) is 3.69. The van der Waals surface area contributed by atoms with E-state index >= 15 is 0 Å². The zero-order chi connectivity index (χ0) is 17.2. The van der Waals surface area contributed by atoms with Crippen molar-refractivity contribution < 1.29 is 5.11 Å². The largest absolute Gasteiger partial charge is 0.508 e. The molecule has 2 heterocycles. The fraction of sp³-hybridized carbons (Fsp3) is 0.381. The van der Waals surface area contributed by atoms with E-state index in [1.807, 2.05) is 25.3 Å². The number of piperidine rings is 1. The number of H-pyrrole nitrogens is 1. The van der Waals surface area contributed by atoms with Gasteiger partial charge in [0.25, 0.3) is 0 Å². The summed E-state index contributed by atoms with van der Waals surface area (Å²) in [5.41, 5.74) is 4.64. The van der Waals surface area contributed by atoms with Gasteiger partial charge in [-0.2, -0.15) is 5.10 Å². The molecule has 1 saturated heterocycles. The van der Waals surface area contributed by atoms with Gasteiger partial charge in [0.15, 0.2) is 0 Å². The third-order valence-corrected chi connectivity index (χ3v) is 5.31. The first-order valence-electron chi connectivity index (χ1n) is 9.10.